The smallest absolute Gasteiger partial charge is 0.314 e. The molecule has 37 heavy (non-hydrogen) atoms. The molecule has 0 bridgehead atoms. The van der Waals surface area contributed by atoms with Gasteiger partial charge >= 0.3 is 5.97 Å². The minimum Gasteiger partial charge on any atom is -0.426 e. The number of benzene rings is 1. The molecule has 1 atom stereocenters. The molecule has 0 aromatic heterocycles. The van der Waals surface area contributed by atoms with Gasteiger partial charge in [-0.2, -0.15) is 4.99 Å². The average Bonchev–Trinajstić information content (AvgIpc) is 2.93. The number of thiocarbonyl (C=S) groups is 1. The van der Waals surface area contributed by atoms with E-state index in [1.165, 1.54) is 103 Å². The third kappa shape index (κ3) is 10.6. The Morgan fingerprint density at radius 3 is 1.97 bits per heavy atom. The molecule has 0 amide bonds. The lowest BCUT2D eigenvalue weighted by Crippen LogP contribution is -2.31. The Labute approximate surface area is 232 Å². The molecule has 0 aliphatic heterocycles. The Morgan fingerprint density at radius 1 is 0.865 bits per heavy atom. The van der Waals surface area contributed by atoms with Gasteiger partial charge in [-0.15, -0.1) is 0 Å². The van der Waals surface area contributed by atoms with E-state index >= 15 is 0 Å². The first-order valence-electron chi connectivity index (χ1n) is 15.5. The van der Waals surface area contributed by atoms with Gasteiger partial charge in [-0.3, -0.25) is 4.79 Å². The van der Waals surface area contributed by atoms with Crippen LogP contribution in [0, 0.1) is 29.6 Å². The van der Waals surface area contributed by atoms with Crippen molar-refractivity contribution in [3.05, 3.63) is 24.3 Å². The van der Waals surface area contributed by atoms with Crippen LogP contribution in [0.3, 0.4) is 0 Å². The van der Waals surface area contributed by atoms with Crippen LogP contribution in [-0.2, 0) is 4.79 Å². The van der Waals surface area contributed by atoms with Crippen molar-refractivity contribution >= 4 is 29.0 Å². The summed E-state index contributed by atoms with van der Waals surface area (Å²) in [6.45, 7) is 4.79. The molecule has 2 aliphatic rings. The maximum atomic E-state index is 12.7. The number of carbonyl (C=O) groups excluding carboxylic acids is 1. The highest BCUT2D eigenvalue weighted by Gasteiger charge is 2.34. The van der Waals surface area contributed by atoms with Crippen LogP contribution >= 0.6 is 12.2 Å². The number of hydrogen-bond acceptors (Lipinski definition) is 4. The predicted molar refractivity (Wildman–Crippen MR) is 159 cm³/mol. The highest BCUT2D eigenvalue weighted by Crippen LogP contribution is 2.43. The molecule has 0 saturated heterocycles. The minimum atomic E-state index is -0.0748. The van der Waals surface area contributed by atoms with E-state index < -0.39 is 0 Å². The van der Waals surface area contributed by atoms with Crippen LogP contribution in [0.15, 0.2) is 29.3 Å². The second-order valence-electron chi connectivity index (χ2n) is 12.0. The molecule has 0 N–H and O–H groups in total. The van der Waals surface area contributed by atoms with Gasteiger partial charge in [0.1, 0.15) is 5.75 Å². The number of ether oxygens (including phenoxy) is 1. The summed E-state index contributed by atoms with van der Waals surface area (Å²) in [7, 11) is 0. The lowest BCUT2D eigenvalue weighted by atomic mass is 9.67. The molecule has 206 valence electrons. The van der Waals surface area contributed by atoms with E-state index in [1.807, 2.05) is 0 Å². The number of rotatable bonds is 15. The quantitative estimate of drug-likeness (QED) is 0.0751. The Kier molecular flexibility index (Phi) is 13.9. The maximum Gasteiger partial charge on any atom is 0.314 e. The summed E-state index contributed by atoms with van der Waals surface area (Å²) in [6, 6.07) is 7.16. The highest BCUT2D eigenvalue weighted by atomic mass is 32.1. The second-order valence-corrected chi connectivity index (χ2v) is 12.2. The zero-order chi connectivity index (χ0) is 26.3. The van der Waals surface area contributed by atoms with Gasteiger partial charge in [0.05, 0.1) is 16.8 Å². The molecule has 0 radical (unpaired) electrons. The molecule has 1 aromatic rings. The lowest BCUT2D eigenvalue weighted by Gasteiger charge is -2.38. The standard InChI is InChI=1S/C33H51NO2S/c1-3-4-5-6-7-8-9-10-11-12-27-13-15-28(16-14-27)26(2)29-17-19-30(20-18-29)33(35)36-32-23-21-31(22-24-32)34-25-37/h21-24,26-30H,3-20H2,1-2H3. The van der Waals surface area contributed by atoms with Gasteiger partial charge in [0.2, 0.25) is 0 Å². The van der Waals surface area contributed by atoms with Gasteiger partial charge in [-0.05, 0) is 98.7 Å². The van der Waals surface area contributed by atoms with Crippen molar-refractivity contribution in [3.8, 4) is 5.75 Å². The van der Waals surface area contributed by atoms with Crippen LogP contribution in [0.1, 0.15) is 129 Å². The van der Waals surface area contributed by atoms with Gasteiger partial charge in [0.15, 0.2) is 0 Å². The Morgan fingerprint density at radius 2 is 1.41 bits per heavy atom. The van der Waals surface area contributed by atoms with E-state index in [-0.39, 0.29) is 11.9 Å². The van der Waals surface area contributed by atoms with Crippen molar-refractivity contribution in [2.45, 2.75) is 129 Å². The van der Waals surface area contributed by atoms with Gasteiger partial charge in [0, 0.05) is 0 Å². The highest BCUT2D eigenvalue weighted by molar-refractivity contribution is 7.78. The Balaban J connectivity index is 1.27. The van der Waals surface area contributed by atoms with Crippen molar-refractivity contribution < 1.29 is 9.53 Å². The molecule has 2 fully saturated rings. The third-order valence-electron chi connectivity index (χ3n) is 9.43. The van der Waals surface area contributed by atoms with Crippen LogP contribution < -0.4 is 4.74 Å². The van der Waals surface area contributed by atoms with E-state index in [2.05, 4.69) is 36.2 Å². The van der Waals surface area contributed by atoms with E-state index in [9.17, 15) is 4.79 Å². The van der Waals surface area contributed by atoms with Gasteiger partial charge < -0.3 is 4.74 Å². The number of unbranched alkanes of at least 4 members (excludes halogenated alkanes) is 8. The summed E-state index contributed by atoms with van der Waals surface area (Å²) in [5.74, 6) is 3.98. The molecular formula is C33H51NO2S. The fourth-order valence-corrected chi connectivity index (χ4v) is 6.96. The third-order valence-corrected chi connectivity index (χ3v) is 9.52. The van der Waals surface area contributed by atoms with Crippen molar-refractivity contribution in [3.63, 3.8) is 0 Å². The van der Waals surface area contributed by atoms with Crippen LogP contribution in [-0.4, -0.2) is 11.1 Å². The Bertz CT molecular complexity index is 815. The topological polar surface area (TPSA) is 38.7 Å². The van der Waals surface area contributed by atoms with Gasteiger partial charge in [-0.1, -0.05) is 90.9 Å². The largest absolute Gasteiger partial charge is 0.426 e. The predicted octanol–water partition coefficient (Wildman–Crippen LogP) is 10.5. The summed E-state index contributed by atoms with van der Waals surface area (Å²) in [4.78, 5) is 16.7. The molecule has 2 aliphatic carbocycles. The normalized spacial score (nSPS) is 24.7. The lowest BCUT2D eigenvalue weighted by molar-refractivity contribution is -0.140. The molecule has 0 heterocycles. The summed E-state index contributed by atoms with van der Waals surface area (Å²) in [5.41, 5.74) is 0.724. The summed E-state index contributed by atoms with van der Waals surface area (Å²) >= 11 is 4.63. The van der Waals surface area contributed by atoms with Crippen LogP contribution in [0.5, 0.6) is 5.75 Å². The number of nitrogens with zero attached hydrogens (tertiary/aromatic N) is 1. The van der Waals surface area contributed by atoms with Crippen LogP contribution in [0.2, 0.25) is 0 Å². The summed E-state index contributed by atoms with van der Waals surface area (Å²) < 4.78 is 5.66. The Hall–Kier alpha value is -1.51. The zero-order valence-corrected chi connectivity index (χ0v) is 24.4. The van der Waals surface area contributed by atoms with Gasteiger partial charge in [0.25, 0.3) is 0 Å². The molecule has 0 spiro atoms. The van der Waals surface area contributed by atoms with Crippen molar-refractivity contribution in [1.82, 2.24) is 0 Å². The van der Waals surface area contributed by atoms with Crippen LogP contribution in [0.4, 0.5) is 5.69 Å². The number of esters is 1. The first kappa shape index (κ1) is 30.0. The monoisotopic (exact) mass is 525 g/mol. The molecular weight excluding hydrogens is 474 g/mol. The number of aliphatic imine (C=N–C) groups is 1. The molecule has 1 unspecified atom stereocenters. The molecule has 2 saturated carbocycles. The zero-order valence-electron chi connectivity index (χ0n) is 23.6. The van der Waals surface area contributed by atoms with E-state index in [0.29, 0.717) is 5.75 Å². The summed E-state index contributed by atoms with van der Waals surface area (Å²) in [5, 5.41) is 2.36. The first-order chi connectivity index (χ1) is 18.1. The van der Waals surface area contributed by atoms with E-state index in [4.69, 9.17) is 4.74 Å². The second kappa shape index (κ2) is 17.2. The van der Waals surface area contributed by atoms with E-state index in [1.54, 1.807) is 24.3 Å². The fraction of sp³-hybridized carbons (Fsp3) is 0.758. The molecule has 3 nitrogen and oxygen atoms in total. The van der Waals surface area contributed by atoms with Crippen molar-refractivity contribution in [1.29, 1.82) is 0 Å². The minimum absolute atomic E-state index is 0.0363. The average molecular weight is 526 g/mol. The van der Waals surface area contributed by atoms with E-state index in [0.717, 1.165) is 42.2 Å². The number of carbonyl (C=O) groups is 1. The summed E-state index contributed by atoms with van der Waals surface area (Å²) in [6.07, 6.45) is 24.4. The number of hydrogen-bond donors (Lipinski definition) is 0. The maximum absolute atomic E-state index is 12.7. The molecule has 1 aromatic carbocycles. The molecule has 4 heteroatoms. The first-order valence-corrected chi connectivity index (χ1v) is 15.9. The number of isothiocyanates is 1. The fourth-order valence-electron chi connectivity index (χ4n) is 6.85. The van der Waals surface area contributed by atoms with Crippen molar-refractivity contribution in [2.24, 2.45) is 34.6 Å². The van der Waals surface area contributed by atoms with Gasteiger partial charge in [-0.25, -0.2) is 0 Å². The SMILES string of the molecule is CCCCCCCCCCCC1CCC(C(C)C2CCC(C(=O)Oc3ccc(N=C=S)cc3)CC2)CC1. The molecule has 3 rings (SSSR count). The van der Waals surface area contributed by atoms with Crippen LogP contribution in [0.25, 0.3) is 0 Å². The van der Waals surface area contributed by atoms with Crippen molar-refractivity contribution in [2.75, 3.05) is 0 Å².